The van der Waals surface area contributed by atoms with Gasteiger partial charge in [0.05, 0.1) is 25.7 Å². The highest BCUT2D eigenvalue weighted by atomic mass is 16.6. The molecule has 0 saturated heterocycles. The van der Waals surface area contributed by atoms with Crippen molar-refractivity contribution < 1.29 is 63.0 Å². The summed E-state index contributed by atoms with van der Waals surface area (Å²) in [5.74, 6) is -2.35. The number of carbonyl (C=O) groups excluding carboxylic acids is 6. The molecule has 0 aliphatic heterocycles. The van der Waals surface area contributed by atoms with E-state index in [0.717, 1.165) is 55.7 Å². The summed E-state index contributed by atoms with van der Waals surface area (Å²) in [6, 6.07) is 23.2. The van der Waals surface area contributed by atoms with E-state index in [1.807, 2.05) is 166 Å². The zero-order chi connectivity index (χ0) is 65.7. The van der Waals surface area contributed by atoms with Crippen molar-refractivity contribution >= 4 is 59.7 Å². The Balaban J connectivity index is 0.899. The third kappa shape index (κ3) is 22.1. The molecule has 0 aromatic heterocycles. The molecule has 2 unspecified atom stereocenters. The average molecular weight is 1220 g/mol. The van der Waals surface area contributed by atoms with Crippen molar-refractivity contribution in [1.29, 1.82) is 0 Å². The Hall–Kier alpha value is -9.88. The van der Waals surface area contributed by atoms with Crippen LogP contribution < -0.4 is 9.47 Å². The minimum absolute atomic E-state index is 0.0550. The van der Waals surface area contributed by atoms with Gasteiger partial charge in [0.1, 0.15) is 28.7 Å². The lowest BCUT2D eigenvalue weighted by Gasteiger charge is -2.36. The molecule has 0 bridgehead atoms. The highest BCUT2D eigenvalue weighted by molar-refractivity contribution is 6.02. The van der Waals surface area contributed by atoms with E-state index in [-0.39, 0.29) is 60.9 Å². The predicted octanol–water partition coefficient (Wildman–Crippen LogP) is 16.5. The fourth-order valence-corrected chi connectivity index (χ4v) is 10.2. The highest BCUT2D eigenvalue weighted by Gasteiger charge is 2.41. The molecular formula is C77H82O13. The number of rotatable bonds is 24. The molecule has 0 radical (unpaired) electrons. The molecule has 0 spiro atoms. The van der Waals surface area contributed by atoms with Crippen LogP contribution in [-0.2, 0) is 38.2 Å². The number of aromatic hydroxyl groups is 3. The molecule has 0 saturated carbocycles. The molecule has 13 heteroatoms. The van der Waals surface area contributed by atoms with Crippen LogP contribution in [0.25, 0.3) is 24.3 Å². The standard InChI is InChI=1S/C77H82O13/c1-50(18-14-20-52(3)22-36-66-55(6)74(85)68(48-76(66,8)9)89-72(83)40-38-70(81)87-64-32-28-57(29-33-64)24-26-59-42-54(5)43-61(78)44-59)16-12-13-17-51(2)19-15-21-53(4)23-37-67-56(7)75(86)69(49-77(67,10)11)90-73(84)41-39-71(82)88-65-34-30-58(31-35-65)25-27-60-45-62(79)47-63(80)46-60/h12-37,42-47,68-69,78-80H,38-41,48-49H2,1-11H3/b13-12+,18-14+,19-15+,26-24+,27-25+,36-22+,37-23+,50-16+,51-17+,52-20+,53-21+. The predicted molar refractivity (Wildman–Crippen MR) is 356 cm³/mol. The first-order chi connectivity index (χ1) is 42.6. The van der Waals surface area contributed by atoms with Crippen LogP contribution in [-0.4, -0.2) is 63.0 Å². The minimum Gasteiger partial charge on any atom is -0.508 e. The third-order valence-electron chi connectivity index (χ3n) is 15.1. The van der Waals surface area contributed by atoms with Crippen molar-refractivity contribution in [2.45, 2.75) is 127 Å². The lowest BCUT2D eigenvalue weighted by molar-refractivity contribution is -0.157. The van der Waals surface area contributed by atoms with Crippen LogP contribution in [0.2, 0.25) is 0 Å². The number of carbonyl (C=O) groups is 6. The van der Waals surface area contributed by atoms with Gasteiger partial charge in [-0.25, -0.2) is 0 Å². The van der Waals surface area contributed by atoms with E-state index in [0.29, 0.717) is 34.6 Å². The Morgan fingerprint density at radius 2 is 0.767 bits per heavy atom. The second kappa shape index (κ2) is 32.4. The Bertz CT molecular complexity index is 3470. The largest absolute Gasteiger partial charge is 0.508 e. The summed E-state index contributed by atoms with van der Waals surface area (Å²) in [6.45, 7) is 21.4. The monoisotopic (exact) mass is 1210 g/mol. The maximum Gasteiger partial charge on any atom is 0.311 e. The van der Waals surface area contributed by atoms with Crippen molar-refractivity contribution in [2.24, 2.45) is 10.8 Å². The Labute approximate surface area is 529 Å². The van der Waals surface area contributed by atoms with Gasteiger partial charge in [-0.2, -0.15) is 0 Å². The Kier molecular flexibility index (Phi) is 24.9. The van der Waals surface area contributed by atoms with Crippen LogP contribution in [0.15, 0.2) is 215 Å². The number of phenolic OH excluding ortho intramolecular Hbond substituents is 3. The number of hydrogen-bond donors (Lipinski definition) is 3. The summed E-state index contributed by atoms with van der Waals surface area (Å²) in [6.07, 6.45) is 32.7. The molecule has 0 heterocycles. The number of Topliss-reactive ketones (excluding diaryl/α,β-unsaturated/α-hetero) is 2. The SMILES string of the molecule is CC1=C(/C=C/C(C)=C/C=C/C(C)=C/C=C/C=C(C)/C=C/C=C(C)/C=C/C2=C(C)C(=O)C(OC(=O)CCC(=O)Oc3ccc(/C=C/c4cc(O)cc(O)c4)cc3)CC2(C)C)C(C)(C)CC(OC(=O)CCC(=O)Oc2ccc(/C=C/c3cc(C)cc(O)c3)cc2)C1=O. The summed E-state index contributed by atoms with van der Waals surface area (Å²) >= 11 is 0. The van der Waals surface area contributed by atoms with E-state index in [9.17, 15) is 44.1 Å². The number of esters is 4. The Morgan fingerprint density at radius 3 is 1.16 bits per heavy atom. The van der Waals surface area contributed by atoms with Crippen LogP contribution in [0.1, 0.15) is 136 Å². The van der Waals surface area contributed by atoms with Crippen molar-refractivity contribution in [1.82, 2.24) is 0 Å². The minimum atomic E-state index is -0.971. The second-order valence-corrected chi connectivity index (χ2v) is 24.0. The van der Waals surface area contributed by atoms with Gasteiger partial charge in [0, 0.05) is 18.9 Å². The van der Waals surface area contributed by atoms with E-state index >= 15 is 0 Å². The van der Waals surface area contributed by atoms with Gasteiger partial charge in [0.25, 0.3) is 0 Å². The average Bonchev–Trinajstić information content (AvgIpc) is 0.804. The van der Waals surface area contributed by atoms with Gasteiger partial charge >= 0.3 is 23.9 Å². The van der Waals surface area contributed by atoms with Gasteiger partial charge in [-0.15, -0.1) is 0 Å². The number of phenols is 3. The molecule has 468 valence electrons. The van der Waals surface area contributed by atoms with Crippen molar-refractivity contribution in [2.75, 3.05) is 0 Å². The number of aryl methyl sites for hydroxylation is 1. The fourth-order valence-electron chi connectivity index (χ4n) is 10.2. The Morgan fingerprint density at radius 1 is 0.433 bits per heavy atom. The molecule has 2 aliphatic carbocycles. The quantitative estimate of drug-likeness (QED) is 0.0259. The highest BCUT2D eigenvalue weighted by Crippen LogP contribution is 2.42. The molecule has 4 aromatic carbocycles. The molecule has 0 fully saturated rings. The third-order valence-corrected chi connectivity index (χ3v) is 15.1. The lowest BCUT2D eigenvalue weighted by Crippen LogP contribution is -2.39. The molecular weight excluding hydrogens is 1130 g/mol. The van der Waals surface area contributed by atoms with E-state index in [1.165, 1.54) is 18.2 Å². The second-order valence-electron chi connectivity index (χ2n) is 24.0. The summed E-state index contributed by atoms with van der Waals surface area (Å²) in [4.78, 5) is 77.9. The van der Waals surface area contributed by atoms with Crippen LogP contribution in [0.4, 0.5) is 0 Å². The maximum atomic E-state index is 13.5. The first-order valence-electron chi connectivity index (χ1n) is 29.9. The van der Waals surface area contributed by atoms with Gasteiger partial charge in [0.15, 0.2) is 23.8 Å². The number of hydrogen-bond acceptors (Lipinski definition) is 13. The summed E-state index contributed by atoms with van der Waals surface area (Å²) < 4.78 is 22.1. The topological polar surface area (TPSA) is 200 Å². The van der Waals surface area contributed by atoms with Crippen molar-refractivity contribution in [3.8, 4) is 28.7 Å². The summed E-state index contributed by atoms with van der Waals surface area (Å²) in [5.41, 5.74) is 9.91. The number of allylic oxidation sites excluding steroid dienone is 20. The zero-order valence-corrected chi connectivity index (χ0v) is 53.3. The molecule has 0 amide bonds. The summed E-state index contributed by atoms with van der Waals surface area (Å²) in [7, 11) is 0. The summed E-state index contributed by atoms with van der Waals surface area (Å²) in [5, 5.41) is 29.2. The van der Waals surface area contributed by atoms with Gasteiger partial charge < -0.3 is 34.3 Å². The molecule has 2 aliphatic rings. The van der Waals surface area contributed by atoms with E-state index < -0.39 is 46.9 Å². The van der Waals surface area contributed by atoms with E-state index in [2.05, 4.69) is 0 Å². The van der Waals surface area contributed by atoms with Crippen LogP contribution >= 0.6 is 0 Å². The van der Waals surface area contributed by atoms with E-state index in [1.54, 1.807) is 86.7 Å². The molecule has 90 heavy (non-hydrogen) atoms. The molecule has 3 N–H and O–H groups in total. The maximum absolute atomic E-state index is 13.5. The van der Waals surface area contributed by atoms with Gasteiger partial charge in [-0.05, 0) is 158 Å². The normalized spacial score (nSPS) is 17.8. The first-order valence-corrected chi connectivity index (χ1v) is 29.9. The molecule has 13 nitrogen and oxygen atoms in total. The fraction of sp³-hybridized carbons (Fsp3) is 0.273. The number of benzene rings is 4. The van der Waals surface area contributed by atoms with Crippen LogP contribution in [0.5, 0.6) is 28.7 Å². The van der Waals surface area contributed by atoms with Crippen molar-refractivity contribution in [3.63, 3.8) is 0 Å². The molecule has 6 rings (SSSR count). The zero-order valence-electron chi connectivity index (χ0n) is 53.3. The smallest absolute Gasteiger partial charge is 0.311 e. The van der Waals surface area contributed by atoms with Gasteiger partial charge in [-0.3, -0.25) is 28.8 Å². The lowest BCUT2D eigenvalue weighted by atomic mass is 9.71. The number of ketones is 2. The van der Waals surface area contributed by atoms with Crippen LogP contribution in [0, 0.1) is 17.8 Å². The van der Waals surface area contributed by atoms with Gasteiger partial charge in [0.2, 0.25) is 0 Å². The first kappa shape index (κ1) is 69.2. The molecule has 4 aromatic rings. The van der Waals surface area contributed by atoms with Gasteiger partial charge in [-0.1, -0.05) is 190 Å². The van der Waals surface area contributed by atoms with Crippen LogP contribution in [0.3, 0.4) is 0 Å². The molecule has 2 atom stereocenters. The number of ether oxygens (including phenoxy) is 4. The van der Waals surface area contributed by atoms with E-state index in [4.69, 9.17) is 18.9 Å². The van der Waals surface area contributed by atoms with Crippen molar-refractivity contribution in [3.05, 3.63) is 242 Å².